The van der Waals surface area contributed by atoms with Gasteiger partial charge in [0.25, 0.3) is 0 Å². The fourth-order valence-corrected chi connectivity index (χ4v) is 4.10. The van der Waals surface area contributed by atoms with E-state index in [9.17, 15) is 13.2 Å². The number of hydrogen-bond donors (Lipinski definition) is 0. The fourth-order valence-electron chi connectivity index (χ4n) is 4.10. The van der Waals surface area contributed by atoms with Crippen molar-refractivity contribution in [2.24, 2.45) is 0 Å². The van der Waals surface area contributed by atoms with E-state index in [1.807, 2.05) is 24.3 Å². The maximum atomic E-state index is 14.9. The van der Waals surface area contributed by atoms with Gasteiger partial charge in [-0.25, -0.2) is 13.2 Å². The number of unbranched alkanes of at least 4 members (excludes halogenated alkanes) is 2. The van der Waals surface area contributed by atoms with E-state index in [1.54, 1.807) is 48.5 Å². The summed E-state index contributed by atoms with van der Waals surface area (Å²) in [6, 6.07) is 22.5. The zero-order valence-corrected chi connectivity index (χ0v) is 20.5. The van der Waals surface area contributed by atoms with Crippen LogP contribution in [0.5, 0.6) is 11.5 Å². The maximum Gasteiger partial charge on any atom is 0.167 e. The monoisotopic (exact) mass is 490 g/mol. The lowest BCUT2D eigenvalue weighted by molar-refractivity contribution is 0.297. The SMILES string of the molecule is CCCCCc1ccc(-c2ccc(COc3ccc(-c4ccc(OC)c(F)c4)cc3)c(F)c2F)cc1. The maximum absolute atomic E-state index is 14.9. The van der Waals surface area contributed by atoms with Gasteiger partial charge in [-0.2, -0.15) is 0 Å². The molecule has 4 aromatic rings. The largest absolute Gasteiger partial charge is 0.494 e. The van der Waals surface area contributed by atoms with Crippen molar-refractivity contribution in [2.75, 3.05) is 7.11 Å². The van der Waals surface area contributed by atoms with E-state index in [0.29, 0.717) is 16.9 Å². The van der Waals surface area contributed by atoms with E-state index >= 15 is 0 Å². The first-order chi connectivity index (χ1) is 17.5. The van der Waals surface area contributed by atoms with Crippen LogP contribution in [-0.4, -0.2) is 7.11 Å². The summed E-state index contributed by atoms with van der Waals surface area (Å²) in [5, 5.41) is 0. The van der Waals surface area contributed by atoms with Gasteiger partial charge in [0.1, 0.15) is 12.4 Å². The molecule has 4 rings (SSSR count). The molecule has 0 amide bonds. The lowest BCUT2D eigenvalue weighted by atomic mass is 9.99. The summed E-state index contributed by atoms with van der Waals surface area (Å²) in [5.74, 6) is -1.57. The molecule has 0 bridgehead atoms. The first-order valence-electron chi connectivity index (χ1n) is 12.1. The van der Waals surface area contributed by atoms with Crippen LogP contribution in [0.2, 0.25) is 0 Å². The molecule has 2 nitrogen and oxygen atoms in total. The normalized spacial score (nSPS) is 10.9. The van der Waals surface area contributed by atoms with Gasteiger partial charge in [-0.1, -0.05) is 74.4 Å². The molecule has 0 saturated heterocycles. The highest BCUT2D eigenvalue weighted by Crippen LogP contribution is 2.29. The van der Waals surface area contributed by atoms with Gasteiger partial charge in [0.15, 0.2) is 23.2 Å². The lowest BCUT2D eigenvalue weighted by Crippen LogP contribution is -2.02. The van der Waals surface area contributed by atoms with Gasteiger partial charge in [-0.15, -0.1) is 0 Å². The molecular formula is C31H29F3O2. The molecule has 5 heteroatoms. The summed E-state index contributed by atoms with van der Waals surface area (Å²) in [7, 11) is 1.42. The van der Waals surface area contributed by atoms with Gasteiger partial charge in [0, 0.05) is 11.1 Å². The Morgan fingerprint density at radius 1 is 0.694 bits per heavy atom. The van der Waals surface area contributed by atoms with Gasteiger partial charge in [-0.3, -0.25) is 0 Å². The van der Waals surface area contributed by atoms with E-state index in [2.05, 4.69) is 6.92 Å². The summed E-state index contributed by atoms with van der Waals surface area (Å²) in [5.41, 5.74) is 3.69. The minimum absolute atomic E-state index is 0.115. The van der Waals surface area contributed by atoms with Crippen LogP contribution < -0.4 is 9.47 Å². The molecule has 36 heavy (non-hydrogen) atoms. The molecule has 0 fully saturated rings. The Morgan fingerprint density at radius 2 is 1.39 bits per heavy atom. The number of hydrogen-bond acceptors (Lipinski definition) is 2. The average Bonchev–Trinajstić information content (AvgIpc) is 2.90. The Balaban J connectivity index is 1.41. The van der Waals surface area contributed by atoms with E-state index < -0.39 is 17.5 Å². The number of ether oxygens (including phenoxy) is 2. The first kappa shape index (κ1) is 25.4. The predicted molar refractivity (Wildman–Crippen MR) is 138 cm³/mol. The summed E-state index contributed by atoms with van der Waals surface area (Å²) < 4.78 is 54.3. The quantitative estimate of drug-likeness (QED) is 0.207. The van der Waals surface area contributed by atoms with E-state index in [4.69, 9.17) is 9.47 Å². The third-order valence-corrected chi connectivity index (χ3v) is 6.23. The third kappa shape index (κ3) is 5.91. The number of methoxy groups -OCH3 is 1. The molecule has 0 heterocycles. The molecule has 0 radical (unpaired) electrons. The topological polar surface area (TPSA) is 18.5 Å². The van der Waals surface area contributed by atoms with Crippen LogP contribution in [0.3, 0.4) is 0 Å². The van der Waals surface area contributed by atoms with Gasteiger partial charge in [-0.05, 0) is 59.4 Å². The second-order valence-electron chi connectivity index (χ2n) is 8.72. The van der Waals surface area contributed by atoms with Crippen molar-refractivity contribution in [3.63, 3.8) is 0 Å². The Bertz CT molecular complexity index is 1300. The Kier molecular flexibility index (Phi) is 8.32. The lowest BCUT2D eigenvalue weighted by Gasteiger charge is -2.12. The highest BCUT2D eigenvalue weighted by molar-refractivity contribution is 5.66. The van der Waals surface area contributed by atoms with Crippen molar-refractivity contribution >= 4 is 0 Å². The second-order valence-corrected chi connectivity index (χ2v) is 8.72. The molecule has 0 aliphatic carbocycles. The van der Waals surface area contributed by atoms with Crippen LogP contribution in [0.1, 0.15) is 37.3 Å². The fraction of sp³-hybridized carbons (Fsp3) is 0.226. The van der Waals surface area contributed by atoms with Crippen molar-refractivity contribution in [2.45, 2.75) is 39.2 Å². The average molecular weight is 491 g/mol. The molecule has 0 aliphatic rings. The molecule has 186 valence electrons. The molecule has 0 aromatic heterocycles. The minimum atomic E-state index is -0.912. The van der Waals surface area contributed by atoms with Crippen LogP contribution in [0, 0.1) is 17.5 Å². The number of halogens is 3. The molecule has 0 unspecified atom stereocenters. The highest BCUT2D eigenvalue weighted by Gasteiger charge is 2.15. The van der Waals surface area contributed by atoms with Crippen LogP contribution >= 0.6 is 0 Å². The summed E-state index contributed by atoms with van der Waals surface area (Å²) in [6.07, 6.45) is 4.45. The molecule has 0 saturated carbocycles. The van der Waals surface area contributed by atoms with Crippen molar-refractivity contribution in [3.05, 3.63) is 107 Å². The minimum Gasteiger partial charge on any atom is -0.494 e. The predicted octanol–water partition coefficient (Wildman–Crippen LogP) is 8.76. The number of benzene rings is 4. The van der Waals surface area contributed by atoms with Crippen molar-refractivity contribution in [1.29, 1.82) is 0 Å². The summed E-state index contributed by atoms with van der Waals surface area (Å²) in [6.45, 7) is 2.05. The summed E-state index contributed by atoms with van der Waals surface area (Å²) in [4.78, 5) is 0. The van der Waals surface area contributed by atoms with Crippen molar-refractivity contribution in [1.82, 2.24) is 0 Å². The zero-order valence-electron chi connectivity index (χ0n) is 20.5. The Hall–Kier alpha value is -3.73. The molecule has 0 atom stereocenters. The molecule has 4 aromatic carbocycles. The van der Waals surface area contributed by atoms with Crippen molar-refractivity contribution < 1.29 is 22.6 Å². The second kappa shape index (κ2) is 11.8. The van der Waals surface area contributed by atoms with E-state index in [1.165, 1.54) is 25.2 Å². The van der Waals surface area contributed by atoms with E-state index in [-0.39, 0.29) is 23.5 Å². The van der Waals surface area contributed by atoms with Gasteiger partial charge in [0.2, 0.25) is 0 Å². The van der Waals surface area contributed by atoms with Gasteiger partial charge in [0.05, 0.1) is 7.11 Å². The Morgan fingerprint density at radius 3 is 2.06 bits per heavy atom. The van der Waals surface area contributed by atoms with Crippen LogP contribution in [0.4, 0.5) is 13.2 Å². The van der Waals surface area contributed by atoms with Crippen molar-refractivity contribution in [3.8, 4) is 33.8 Å². The molecular weight excluding hydrogens is 461 g/mol. The smallest absolute Gasteiger partial charge is 0.167 e. The van der Waals surface area contributed by atoms with Crippen LogP contribution in [0.25, 0.3) is 22.3 Å². The van der Waals surface area contributed by atoms with Gasteiger partial charge < -0.3 is 9.47 Å². The number of aryl methyl sites for hydroxylation is 1. The standard InChI is InChI=1S/C31H29F3O2/c1-3-4-5-6-21-7-9-23(10-8-21)27-17-13-25(30(33)31(27)34)20-36-26-15-11-22(12-16-26)24-14-18-29(35-2)28(32)19-24/h7-19H,3-6,20H2,1-2H3. The number of rotatable bonds is 10. The highest BCUT2D eigenvalue weighted by atomic mass is 19.2. The van der Waals surface area contributed by atoms with Gasteiger partial charge >= 0.3 is 0 Å². The zero-order chi connectivity index (χ0) is 25.5. The summed E-state index contributed by atoms with van der Waals surface area (Å²) >= 11 is 0. The first-order valence-corrected chi connectivity index (χ1v) is 12.1. The molecule has 0 spiro atoms. The van der Waals surface area contributed by atoms with Crippen LogP contribution in [0.15, 0.2) is 78.9 Å². The Labute approximate surface area is 210 Å². The van der Waals surface area contributed by atoms with Crippen LogP contribution in [-0.2, 0) is 13.0 Å². The third-order valence-electron chi connectivity index (χ3n) is 6.23. The molecule has 0 N–H and O–H groups in total. The molecule has 0 aliphatic heterocycles. The van der Waals surface area contributed by atoms with E-state index in [0.717, 1.165) is 24.8 Å².